The Morgan fingerprint density at radius 2 is 2.14 bits per heavy atom. The van der Waals surface area contributed by atoms with Crippen molar-refractivity contribution in [3.05, 3.63) is 46.8 Å². The van der Waals surface area contributed by atoms with Gasteiger partial charge in [0.2, 0.25) is 0 Å². The summed E-state index contributed by atoms with van der Waals surface area (Å²) in [5.41, 5.74) is 4.59. The first-order valence-electron chi connectivity index (χ1n) is 6.77. The van der Waals surface area contributed by atoms with E-state index in [4.69, 9.17) is 5.84 Å². The number of rotatable bonds is 2. The largest absolute Gasteiger partial charge is 0.367 e. The number of aromatic nitrogens is 2. The van der Waals surface area contributed by atoms with Crippen LogP contribution in [0.2, 0.25) is 0 Å². The maximum absolute atomic E-state index is 13.4. The number of fused-ring (bicyclic) bond motifs is 1. The van der Waals surface area contributed by atoms with Gasteiger partial charge in [-0.25, -0.2) is 14.6 Å². The molecule has 0 fully saturated rings. The number of aryl methyl sites for hydroxylation is 1. The third-order valence-corrected chi connectivity index (χ3v) is 3.86. The number of hydrogen-bond donors (Lipinski definition) is 2. The average Bonchev–Trinajstić information content (AvgIpc) is 2.86. The van der Waals surface area contributed by atoms with Crippen LogP contribution < -0.4 is 16.2 Å². The van der Waals surface area contributed by atoms with Crippen LogP contribution in [0.3, 0.4) is 0 Å². The Labute approximate surface area is 125 Å². The molecule has 0 spiro atoms. The standard InChI is InChI=1S/C14H15F2N5O/c1-20-12-4-5-21(8-2-3-10(15)11(16)6-8)7-9(12)13(19-20)14(22)18-17/h2-3,6H,4-5,7,17H2,1H3,(H,18,22). The van der Waals surface area contributed by atoms with E-state index >= 15 is 0 Å². The summed E-state index contributed by atoms with van der Waals surface area (Å²) in [6, 6.07) is 3.76. The molecule has 1 aromatic carbocycles. The van der Waals surface area contributed by atoms with Gasteiger partial charge in [-0.3, -0.25) is 14.9 Å². The molecule has 3 rings (SSSR count). The fourth-order valence-electron chi connectivity index (χ4n) is 2.75. The first-order chi connectivity index (χ1) is 10.5. The van der Waals surface area contributed by atoms with Crippen molar-refractivity contribution in [3.8, 4) is 0 Å². The average molecular weight is 307 g/mol. The van der Waals surface area contributed by atoms with Crippen LogP contribution in [0.15, 0.2) is 18.2 Å². The zero-order valence-electron chi connectivity index (χ0n) is 11.9. The van der Waals surface area contributed by atoms with Crippen molar-refractivity contribution in [3.63, 3.8) is 0 Å². The molecule has 0 unspecified atom stereocenters. The van der Waals surface area contributed by atoms with Crippen molar-refractivity contribution in [1.82, 2.24) is 15.2 Å². The molecule has 2 heterocycles. The lowest BCUT2D eigenvalue weighted by Gasteiger charge is -2.29. The number of amides is 1. The van der Waals surface area contributed by atoms with Gasteiger partial charge in [0, 0.05) is 49.6 Å². The van der Waals surface area contributed by atoms with Crippen molar-refractivity contribution in [1.29, 1.82) is 0 Å². The third kappa shape index (κ3) is 2.31. The number of hydrogen-bond acceptors (Lipinski definition) is 4. The monoisotopic (exact) mass is 307 g/mol. The lowest BCUT2D eigenvalue weighted by atomic mass is 10.0. The summed E-state index contributed by atoms with van der Waals surface area (Å²) in [6.45, 7) is 1.01. The van der Waals surface area contributed by atoms with Gasteiger partial charge in [0.1, 0.15) is 0 Å². The number of benzene rings is 1. The Bertz CT molecular complexity index is 743. The van der Waals surface area contributed by atoms with Gasteiger partial charge in [-0.1, -0.05) is 0 Å². The van der Waals surface area contributed by atoms with Gasteiger partial charge in [-0.2, -0.15) is 5.10 Å². The molecule has 0 bridgehead atoms. The van der Waals surface area contributed by atoms with Gasteiger partial charge in [-0.15, -0.1) is 0 Å². The van der Waals surface area contributed by atoms with Crippen molar-refractivity contribution >= 4 is 11.6 Å². The molecule has 1 aromatic heterocycles. The molecule has 0 radical (unpaired) electrons. The third-order valence-electron chi connectivity index (χ3n) is 3.86. The van der Waals surface area contributed by atoms with E-state index in [9.17, 15) is 13.6 Å². The molecule has 0 atom stereocenters. The Balaban J connectivity index is 1.95. The molecule has 3 N–H and O–H groups in total. The number of carbonyl (C=O) groups is 1. The molecule has 1 amide bonds. The summed E-state index contributed by atoms with van der Waals surface area (Å²) < 4.78 is 28.1. The van der Waals surface area contributed by atoms with E-state index in [1.54, 1.807) is 11.7 Å². The highest BCUT2D eigenvalue weighted by molar-refractivity contribution is 5.93. The van der Waals surface area contributed by atoms with Crippen molar-refractivity contribution in [2.45, 2.75) is 13.0 Å². The van der Waals surface area contributed by atoms with Gasteiger partial charge < -0.3 is 4.90 Å². The molecule has 0 saturated carbocycles. The van der Waals surface area contributed by atoms with E-state index in [2.05, 4.69) is 10.5 Å². The molecule has 22 heavy (non-hydrogen) atoms. The van der Waals surface area contributed by atoms with E-state index in [0.29, 0.717) is 25.2 Å². The fraction of sp³-hybridized carbons (Fsp3) is 0.286. The molecule has 0 aliphatic carbocycles. The maximum atomic E-state index is 13.4. The highest BCUT2D eigenvalue weighted by Crippen LogP contribution is 2.27. The predicted molar refractivity (Wildman–Crippen MR) is 76.0 cm³/mol. The van der Waals surface area contributed by atoms with E-state index in [1.807, 2.05) is 4.90 Å². The second-order valence-electron chi connectivity index (χ2n) is 5.14. The molecule has 116 valence electrons. The fourth-order valence-corrected chi connectivity index (χ4v) is 2.75. The Kier molecular flexibility index (Phi) is 3.53. The van der Waals surface area contributed by atoms with Crippen LogP contribution >= 0.6 is 0 Å². The summed E-state index contributed by atoms with van der Waals surface area (Å²) in [7, 11) is 1.76. The Morgan fingerprint density at radius 3 is 2.82 bits per heavy atom. The van der Waals surface area contributed by atoms with Crippen molar-refractivity contribution < 1.29 is 13.6 Å². The highest BCUT2D eigenvalue weighted by atomic mass is 19.2. The highest BCUT2D eigenvalue weighted by Gasteiger charge is 2.27. The van der Waals surface area contributed by atoms with Gasteiger partial charge in [0.05, 0.1) is 0 Å². The molecule has 0 saturated heterocycles. The molecule has 8 heteroatoms. The van der Waals surface area contributed by atoms with Crippen LogP contribution in [0.5, 0.6) is 0 Å². The summed E-state index contributed by atoms with van der Waals surface area (Å²) in [4.78, 5) is 13.7. The number of nitrogen functional groups attached to an aromatic ring is 1. The van der Waals surface area contributed by atoms with Crippen LogP contribution in [0, 0.1) is 11.6 Å². The molecule has 2 aromatic rings. The van der Waals surface area contributed by atoms with Crippen molar-refractivity contribution in [2.24, 2.45) is 12.9 Å². The summed E-state index contributed by atoms with van der Waals surface area (Å²) >= 11 is 0. The molecular weight excluding hydrogens is 292 g/mol. The summed E-state index contributed by atoms with van der Waals surface area (Å²) in [5, 5.41) is 4.19. The Morgan fingerprint density at radius 1 is 1.36 bits per heavy atom. The molecule has 1 aliphatic rings. The second kappa shape index (κ2) is 5.38. The van der Waals surface area contributed by atoms with Crippen LogP contribution in [0.4, 0.5) is 14.5 Å². The minimum atomic E-state index is -0.894. The van der Waals surface area contributed by atoms with Crippen LogP contribution in [-0.2, 0) is 20.0 Å². The summed E-state index contributed by atoms with van der Waals surface area (Å²) in [5.74, 6) is 2.93. The van der Waals surface area contributed by atoms with Crippen LogP contribution in [-0.4, -0.2) is 22.2 Å². The zero-order valence-corrected chi connectivity index (χ0v) is 11.9. The molecular formula is C14H15F2N5O. The second-order valence-corrected chi connectivity index (χ2v) is 5.14. The van der Waals surface area contributed by atoms with E-state index in [1.165, 1.54) is 6.07 Å². The van der Waals surface area contributed by atoms with E-state index < -0.39 is 17.5 Å². The quantitative estimate of drug-likeness (QED) is 0.490. The van der Waals surface area contributed by atoms with E-state index in [0.717, 1.165) is 23.4 Å². The zero-order chi connectivity index (χ0) is 15.9. The number of hydrazine groups is 1. The summed E-state index contributed by atoms with van der Waals surface area (Å²) in [6.07, 6.45) is 0.648. The van der Waals surface area contributed by atoms with Crippen molar-refractivity contribution in [2.75, 3.05) is 11.4 Å². The SMILES string of the molecule is Cn1nc(C(=O)NN)c2c1CCN(c1ccc(F)c(F)c1)C2. The van der Waals surface area contributed by atoms with Gasteiger partial charge >= 0.3 is 0 Å². The Hall–Kier alpha value is -2.48. The van der Waals surface area contributed by atoms with Crippen LogP contribution in [0.25, 0.3) is 0 Å². The first-order valence-corrected chi connectivity index (χ1v) is 6.77. The first kappa shape index (κ1) is 14.5. The van der Waals surface area contributed by atoms with Gasteiger partial charge in [0.25, 0.3) is 5.91 Å². The van der Waals surface area contributed by atoms with Gasteiger partial charge in [-0.05, 0) is 12.1 Å². The number of nitrogens with one attached hydrogen (secondary N) is 1. The smallest absolute Gasteiger partial charge is 0.286 e. The predicted octanol–water partition coefficient (Wildman–Crippen LogP) is 0.864. The number of halogens is 2. The number of anilines is 1. The van der Waals surface area contributed by atoms with Crippen LogP contribution in [0.1, 0.15) is 21.7 Å². The maximum Gasteiger partial charge on any atom is 0.286 e. The molecule has 1 aliphatic heterocycles. The number of nitrogens with zero attached hydrogens (tertiary/aromatic N) is 3. The minimum Gasteiger partial charge on any atom is -0.367 e. The minimum absolute atomic E-state index is 0.257. The molecule has 6 nitrogen and oxygen atoms in total. The van der Waals surface area contributed by atoms with Gasteiger partial charge in [0.15, 0.2) is 17.3 Å². The number of nitrogens with two attached hydrogens (primary N) is 1. The van der Waals surface area contributed by atoms with E-state index in [-0.39, 0.29) is 5.69 Å². The topological polar surface area (TPSA) is 76.2 Å². The lowest BCUT2D eigenvalue weighted by Crippen LogP contribution is -2.34. The normalized spacial score (nSPS) is 13.9. The lowest BCUT2D eigenvalue weighted by molar-refractivity contribution is 0.0947. The number of carbonyl (C=O) groups excluding carboxylic acids is 1.